The van der Waals surface area contributed by atoms with Crippen LogP contribution < -0.4 is 15.4 Å². The summed E-state index contributed by atoms with van der Waals surface area (Å²) in [5.74, 6) is 1.39. The number of methoxy groups -OCH3 is 1. The summed E-state index contributed by atoms with van der Waals surface area (Å²) in [4.78, 5) is 31.8. The molecule has 2 N–H and O–H groups in total. The summed E-state index contributed by atoms with van der Waals surface area (Å²) in [5.41, 5.74) is 2.38. The number of rotatable bonds is 6. The number of hydrogen-bond donors (Lipinski definition) is 2. The molecule has 2 heterocycles. The molecule has 0 radical (unpaired) electrons. The van der Waals surface area contributed by atoms with Gasteiger partial charge in [0, 0.05) is 43.9 Å². The lowest BCUT2D eigenvalue weighted by Crippen LogP contribution is -2.33. The minimum absolute atomic E-state index is 0.147. The van der Waals surface area contributed by atoms with Gasteiger partial charge in [0.1, 0.15) is 11.4 Å². The highest BCUT2D eigenvalue weighted by atomic mass is 16.5. The van der Waals surface area contributed by atoms with Gasteiger partial charge in [-0.3, -0.25) is 9.59 Å². The molecule has 1 aliphatic carbocycles. The molecule has 4 rings (SSSR count). The zero-order chi connectivity index (χ0) is 20.5. The largest absolute Gasteiger partial charge is 0.497 e. The van der Waals surface area contributed by atoms with Crippen LogP contribution in [0.3, 0.4) is 0 Å². The Labute approximate surface area is 170 Å². The first-order valence-corrected chi connectivity index (χ1v) is 9.84. The van der Waals surface area contributed by atoms with E-state index in [-0.39, 0.29) is 23.6 Å². The lowest BCUT2D eigenvalue weighted by atomic mass is 10.1. The number of benzene rings is 1. The number of aromatic nitrogens is 1. The lowest BCUT2D eigenvalue weighted by Gasteiger charge is -2.14. The third kappa shape index (κ3) is 4.10. The van der Waals surface area contributed by atoms with E-state index in [0.717, 1.165) is 24.4 Å². The highest BCUT2D eigenvalue weighted by Gasteiger charge is 2.55. The van der Waals surface area contributed by atoms with Crippen LogP contribution in [0.25, 0.3) is 0 Å². The molecule has 2 amide bonds. The number of ether oxygens (including phenoxy) is 1. The number of piperidine rings is 1. The van der Waals surface area contributed by atoms with E-state index in [1.54, 1.807) is 26.3 Å². The Hall–Kier alpha value is -2.93. The van der Waals surface area contributed by atoms with E-state index >= 15 is 0 Å². The van der Waals surface area contributed by atoms with Crippen molar-refractivity contribution in [3.63, 3.8) is 0 Å². The molecule has 3 atom stereocenters. The fourth-order valence-electron chi connectivity index (χ4n) is 4.23. The van der Waals surface area contributed by atoms with Crippen LogP contribution in [0.1, 0.15) is 32.1 Å². The Morgan fingerprint density at radius 1 is 1.17 bits per heavy atom. The van der Waals surface area contributed by atoms with Crippen LogP contribution in [0.4, 0.5) is 0 Å². The summed E-state index contributed by atoms with van der Waals surface area (Å²) < 4.78 is 5.28. The van der Waals surface area contributed by atoms with Crippen LogP contribution in [0, 0.1) is 11.8 Å². The minimum atomic E-state index is -0.309. The van der Waals surface area contributed by atoms with E-state index in [9.17, 15) is 9.59 Å². The van der Waals surface area contributed by atoms with Crippen molar-refractivity contribution in [2.75, 3.05) is 34.3 Å². The zero-order valence-corrected chi connectivity index (χ0v) is 16.9. The van der Waals surface area contributed by atoms with E-state index in [2.05, 4.69) is 27.6 Å². The number of nitrogens with one attached hydrogen (secondary N) is 2. The second kappa shape index (κ2) is 7.83. The predicted molar refractivity (Wildman–Crippen MR) is 109 cm³/mol. The fourth-order valence-corrected chi connectivity index (χ4v) is 4.23. The molecule has 0 unspecified atom stereocenters. The summed E-state index contributed by atoms with van der Waals surface area (Å²) in [6.45, 7) is 2.05. The average Bonchev–Trinajstić information content (AvgIpc) is 3.17. The Morgan fingerprint density at radius 3 is 2.62 bits per heavy atom. The molecule has 2 aliphatic rings. The first-order chi connectivity index (χ1) is 14.0. The molecule has 1 aliphatic heterocycles. The van der Waals surface area contributed by atoms with Crippen molar-refractivity contribution in [1.29, 1.82) is 0 Å². The second-order valence-electron chi connectivity index (χ2n) is 7.89. The molecule has 1 saturated heterocycles. The maximum absolute atomic E-state index is 12.9. The van der Waals surface area contributed by atoms with Gasteiger partial charge in [0.2, 0.25) is 0 Å². The van der Waals surface area contributed by atoms with Crippen LogP contribution >= 0.6 is 0 Å². The van der Waals surface area contributed by atoms with Crippen molar-refractivity contribution in [2.24, 2.45) is 11.8 Å². The smallest absolute Gasteiger partial charge is 0.269 e. The normalized spacial score (nSPS) is 22.7. The molecule has 7 heteroatoms. The Balaban J connectivity index is 1.55. The molecule has 0 spiro atoms. The van der Waals surface area contributed by atoms with Crippen molar-refractivity contribution in [3.05, 3.63) is 58.9 Å². The van der Waals surface area contributed by atoms with Gasteiger partial charge in [-0.2, -0.15) is 0 Å². The first-order valence-electron chi connectivity index (χ1n) is 9.84. The Bertz CT molecular complexity index is 933. The van der Waals surface area contributed by atoms with Gasteiger partial charge >= 0.3 is 0 Å². The summed E-state index contributed by atoms with van der Waals surface area (Å²) in [5, 5.41) is 5.73. The first kappa shape index (κ1) is 19.4. The van der Waals surface area contributed by atoms with Crippen LogP contribution in [0.5, 0.6) is 5.75 Å². The number of hydrogen-bond acceptors (Lipinski definition) is 5. The number of fused-ring (bicyclic) bond motifs is 1. The van der Waals surface area contributed by atoms with Gasteiger partial charge in [0.05, 0.1) is 7.11 Å². The van der Waals surface area contributed by atoms with Crippen LogP contribution in [0.2, 0.25) is 0 Å². The van der Waals surface area contributed by atoms with Crippen LogP contribution in [-0.4, -0.2) is 62.0 Å². The summed E-state index contributed by atoms with van der Waals surface area (Å²) in [6.07, 6.45) is 0.502. The molecule has 1 saturated carbocycles. The van der Waals surface area contributed by atoms with Crippen molar-refractivity contribution in [2.45, 2.75) is 12.5 Å². The molecule has 2 fully saturated rings. The van der Waals surface area contributed by atoms with Crippen molar-refractivity contribution < 1.29 is 14.3 Å². The van der Waals surface area contributed by atoms with Gasteiger partial charge in [0.15, 0.2) is 0 Å². The monoisotopic (exact) mass is 394 g/mol. The third-order valence-electron chi connectivity index (χ3n) is 5.79. The summed E-state index contributed by atoms with van der Waals surface area (Å²) >= 11 is 0. The SMILES string of the molecule is CNC(=O)c1cc(C(=O)N[C@H]2[C@@H]3CN(C)C[C@@H]32)cc(Cc2cccc(OC)c2)n1. The number of nitrogens with zero attached hydrogens (tertiary/aromatic N) is 2. The quantitative estimate of drug-likeness (QED) is 0.772. The molecule has 2 aromatic rings. The molecule has 1 aromatic heterocycles. The van der Waals surface area contributed by atoms with E-state index in [1.165, 1.54) is 0 Å². The molecular weight excluding hydrogens is 368 g/mol. The maximum atomic E-state index is 12.9. The number of pyridine rings is 1. The van der Waals surface area contributed by atoms with E-state index in [0.29, 0.717) is 29.5 Å². The molecule has 0 bridgehead atoms. The van der Waals surface area contributed by atoms with Crippen LogP contribution in [-0.2, 0) is 6.42 Å². The van der Waals surface area contributed by atoms with Gasteiger partial charge < -0.3 is 20.3 Å². The fraction of sp³-hybridized carbons (Fsp3) is 0.409. The summed E-state index contributed by atoms with van der Waals surface area (Å²) in [7, 11) is 5.28. The molecule has 1 aromatic carbocycles. The van der Waals surface area contributed by atoms with E-state index < -0.39 is 0 Å². The van der Waals surface area contributed by atoms with E-state index in [4.69, 9.17) is 4.74 Å². The highest BCUT2D eigenvalue weighted by Crippen LogP contribution is 2.44. The zero-order valence-electron chi connectivity index (χ0n) is 16.9. The van der Waals surface area contributed by atoms with Gasteiger partial charge in [-0.25, -0.2) is 4.98 Å². The maximum Gasteiger partial charge on any atom is 0.269 e. The van der Waals surface area contributed by atoms with Gasteiger partial charge in [-0.15, -0.1) is 0 Å². The standard InChI is InChI=1S/C22H26N4O3/c1-23-22(28)19-10-14(21(27)25-20-17-11-26(2)12-18(17)20)9-15(24-19)7-13-5-4-6-16(8-13)29-3/h4-6,8-10,17-18,20H,7,11-12H2,1-3H3,(H,23,28)(H,25,27)/t17-,18+,20+. The Kier molecular flexibility index (Phi) is 5.24. The van der Waals surface area contributed by atoms with Gasteiger partial charge in [0.25, 0.3) is 11.8 Å². The molecule has 152 valence electrons. The topological polar surface area (TPSA) is 83.6 Å². The highest BCUT2D eigenvalue weighted by molar-refractivity contribution is 5.98. The average molecular weight is 394 g/mol. The van der Waals surface area contributed by atoms with Crippen molar-refractivity contribution >= 4 is 11.8 Å². The molecular formula is C22H26N4O3. The van der Waals surface area contributed by atoms with Gasteiger partial charge in [-0.05, 0) is 48.7 Å². The predicted octanol–water partition coefficient (Wildman–Crippen LogP) is 1.33. The molecule has 7 nitrogen and oxygen atoms in total. The Morgan fingerprint density at radius 2 is 1.93 bits per heavy atom. The van der Waals surface area contributed by atoms with Crippen molar-refractivity contribution in [3.8, 4) is 5.75 Å². The van der Waals surface area contributed by atoms with Crippen molar-refractivity contribution in [1.82, 2.24) is 20.5 Å². The second-order valence-corrected chi connectivity index (χ2v) is 7.89. The van der Waals surface area contributed by atoms with E-state index in [1.807, 2.05) is 24.3 Å². The number of likely N-dealkylation sites (tertiary alicyclic amines) is 1. The molecule has 29 heavy (non-hydrogen) atoms. The lowest BCUT2D eigenvalue weighted by molar-refractivity contribution is 0.0943. The third-order valence-corrected chi connectivity index (χ3v) is 5.79. The number of amides is 2. The summed E-state index contributed by atoms with van der Waals surface area (Å²) in [6, 6.07) is 11.2. The number of carbonyl (C=O) groups is 2. The minimum Gasteiger partial charge on any atom is -0.497 e. The number of carbonyl (C=O) groups excluding carboxylic acids is 2. The van der Waals surface area contributed by atoms with Gasteiger partial charge in [-0.1, -0.05) is 12.1 Å². The van der Waals surface area contributed by atoms with Crippen LogP contribution in [0.15, 0.2) is 36.4 Å².